The normalized spacial score (nSPS) is 19.2. The largest absolute Gasteiger partial charge is 0.458 e. The summed E-state index contributed by atoms with van der Waals surface area (Å²) in [7, 11) is 0. The van der Waals surface area contributed by atoms with E-state index < -0.39 is 16.5 Å². The molecule has 2 aliphatic rings. The number of nitro groups is 1. The van der Waals surface area contributed by atoms with Crippen LogP contribution >= 0.6 is 0 Å². The van der Waals surface area contributed by atoms with Crippen LogP contribution in [0.3, 0.4) is 0 Å². The van der Waals surface area contributed by atoms with Gasteiger partial charge >= 0.3 is 5.97 Å². The number of fused-ring (bicyclic) bond motifs is 5. The maximum atomic E-state index is 13.3. The van der Waals surface area contributed by atoms with Crippen LogP contribution in [0, 0.1) is 10.1 Å². The Morgan fingerprint density at radius 1 is 1.32 bits per heavy atom. The molecule has 1 N–H and O–H groups in total. The van der Waals surface area contributed by atoms with Gasteiger partial charge in [-0.25, -0.2) is 9.78 Å². The summed E-state index contributed by atoms with van der Waals surface area (Å²) in [5, 5.41) is 22.6. The highest BCUT2D eigenvalue weighted by molar-refractivity contribution is 5.93. The molecule has 0 radical (unpaired) electrons. The summed E-state index contributed by atoms with van der Waals surface area (Å²) in [6, 6.07) is 8.86. The first-order valence-corrected chi connectivity index (χ1v) is 9.75. The fourth-order valence-corrected chi connectivity index (χ4v) is 4.39. The summed E-state index contributed by atoms with van der Waals surface area (Å²) in [5.74, 6) is -0.786. The van der Waals surface area contributed by atoms with Crippen molar-refractivity contribution in [1.82, 2.24) is 9.55 Å². The Bertz CT molecular complexity index is 1390. The van der Waals surface area contributed by atoms with Crippen LogP contribution in [0.1, 0.15) is 35.6 Å². The zero-order valence-corrected chi connectivity index (χ0v) is 16.5. The van der Waals surface area contributed by atoms with E-state index >= 15 is 0 Å². The minimum Gasteiger partial charge on any atom is -0.458 e. The van der Waals surface area contributed by atoms with Crippen molar-refractivity contribution in [3.05, 3.63) is 79.3 Å². The van der Waals surface area contributed by atoms with Gasteiger partial charge in [0.1, 0.15) is 6.61 Å². The van der Waals surface area contributed by atoms with Crippen molar-refractivity contribution < 1.29 is 19.6 Å². The van der Waals surface area contributed by atoms with Gasteiger partial charge in [0.05, 0.1) is 33.9 Å². The molecule has 0 aliphatic carbocycles. The molecular formula is C22H17N3O6. The number of aliphatic hydroxyl groups is 1. The molecule has 0 unspecified atom stereocenters. The van der Waals surface area contributed by atoms with Gasteiger partial charge in [-0.2, -0.15) is 0 Å². The van der Waals surface area contributed by atoms with E-state index in [1.54, 1.807) is 19.1 Å². The lowest BCUT2D eigenvalue weighted by Gasteiger charge is -2.31. The maximum absolute atomic E-state index is 13.3. The molecule has 0 bridgehead atoms. The van der Waals surface area contributed by atoms with E-state index in [0.717, 1.165) is 11.6 Å². The number of hydrogen-bond donors (Lipinski definition) is 1. The van der Waals surface area contributed by atoms with Gasteiger partial charge in [0.25, 0.3) is 5.56 Å². The number of carbonyl (C=O) groups is 1. The standard InChI is InChI=1S/C22H17N3O6/c1-2-22(28)16-9-18-19-14(10-24(18)20(26)15(16)11-31-21(22)27)12(7-8-25(29)30)13-5-3-4-6-17(13)23-19/h3-9,28H,2,10-11H2,1H3/t22-/m0/s1. The van der Waals surface area contributed by atoms with Crippen molar-refractivity contribution in [3.8, 4) is 11.4 Å². The number of aromatic nitrogens is 2. The van der Waals surface area contributed by atoms with Crippen LogP contribution in [0.2, 0.25) is 0 Å². The van der Waals surface area contributed by atoms with Crippen LogP contribution in [-0.2, 0) is 28.3 Å². The van der Waals surface area contributed by atoms with Crippen LogP contribution in [0.15, 0.2) is 41.3 Å². The Morgan fingerprint density at radius 3 is 2.84 bits per heavy atom. The lowest BCUT2D eigenvalue weighted by atomic mass is 9.86. The Morgan fingerprint density at radius 2 is 2.10 bits per heavy atom. The van der Waals surface area contributed by atoms with E-state index in [9.17, 15) is 24.8 Å². The van der Waals surface area contributed by atoms with Crippen molar-refractivity contribution in [1.29, 1.82) is 0 Å². The zero-order valence-electron chi connectivity index (χ0n) is 16.5. The smallest absolute Gasteiger partial charge is 0.343 e. The molecule has 9 heteroatoms. The molecule has 0 amide bonds. The minimum atomic E-state index is -1.91. The van der Waals surface area contributed by atoms with Crippen molar-refractivity contribution in [2.24, 2.45) is 0 Å². The van der Waals surface area contributed by atoms with E-state index in [-0.39, 0.29) is 36.3 Å². The number of cyclic esters (lactones) is 1. The Hall–Kier alpha value is -3.85. The predicted octanol–water partition coefficient (Wildman–Crippen LogP) is 2.33. The molecule has 3 aromatic rings. The summed E-state index contributed by atoms with van der Waals surface area (Å²) in [4.78, 5) is 40.7. The van der Waals surface area contributed by atoms with Crippen LogP contribution < -0.4 is 5.56 Å². The van der Waals surface area contributed by atoms with Gasteiger partial charge in [0, 0.05) is 22.6 Å². The molecule has 0 fully saturated rings. The summed E-state index contributed by atoms with van der Waals surface area (Å²) in [6.07, 6.45) is 2.33. The molecule has 2 aromatic heterocycles. The van der Waals surface area contributed by atoms with Crippen molar-refractivity contribution in [2.75, 3.05) is 0 Å². The number of ether oxygens (including phenoxy) is 1. The number of rotatable bonds is 3. The summed E-state index contributed by atoms with van der Waals surface area (Å²) < 4.78 is 6.58. The molecule has 1 aromatic carbocycles. The van der Waals surface area contributed by atoms with Gasteiger partial charge in [-0.15, -0.1) is 0 Å². The van der Waals surface area contributed by atoms with Crippen LogP contribution in [0.25, 0.3) is 28.4 Å². The Balaban J connectivity index is 1.83. The topological polar surface area (TPSA) is 125 Å². The second-order valence-electron chi connectivity index (χ2n) is 7.57. The zero-order chi connectivity index (χ0) is 21.9. The molecule has 0 saturated carbocycles. The van der Waals surface area contributed by atoms with Gasteiger partial charge in [-0.1, -0.05) is 25.1 Å². The number of benzene rings is 1. The monoisotopic (exact) mass is 419 g/mol. The number of para-hydroxylation sites is 1. The number of carbonyl (C=O) groups excluding carboxylic acids is 1. The third-order valence-electron chi connectivity index (χ3n) is 6.00. The van der Waals surface area contributed by atoms with Gasteiger partial charge in [-0.3, -0.25) is 14.9 Å². The van der Waals surface area contributed by atoms with Gasteiger partial charge < -0.3 is 14.4 Å². The lowest BCUT2D eigenvalue weighted by molar-refractivity contribution is -0.400. The van der Waals surface area contributed by atoms with Crippen molar-refractivity contribution in [3.63, 3.8) is 0 Å². The second-order valence-corrected chi connectivity index (χ2v) is 7.57. The second kappa shape index (κ2) is 6.58. The molecule has 0 spiro atoms. The lowest BCUT2D eigenvalue weighted by Crippen LogP contribution is -2.44. The average molecular weight is 419 g/mol. The molecule has 31 heavy (non-hydrogen) atoms. The van der Waals surface area contributed by atoms with Crippen LogP contribution in [-0.4, -0.2) is 25.6 Å². The number of pyridine rings is 2. The summed E-state index contributed by atoms with van der Waals surface area (Å²) in [5.41, 5.74) is 1.03. The Kier molecular flexibility index (Phi) is 4.06. The first kappa shape index (κ1) is 19.1. The van der Waals surface area contributed by atoms with E-state index in [0.29, 0.717) is 28.0 Å². The molecule has 0 saturated heterocycles. The summed E-state index contributed by atoms with van der Waals surface area (Å²) in [6.45, 7) is 1.60. The fourth-order valence-electron chi connectivity index (χ4n) is 4.39. The van der Waals surface area contributed by atoms with Crippen LogP contribution in [0.5, 0.6) is 0 Å². The third-order valence-corrected chi connectivity index (χ3v) is 6.00. The first-order valence-electron chi connectivity index (χ1n) is 9.75. The SMILES string of the molecule is CC[C@@]1(O)C(=O)OCc2c1cc1n(c2=O)Cc2c-1nc1ccccc1c2C=C[N+](=O)[O-]. The average Bonchev–Trinajstić information content (AvgIpc) is 3.13. The predicted molar refractivity (Wildman–Crippen MR) is 111 cm³/mol. The first-order chi connectivity index (χ1) is 14.8. The fraction of sp³-hybridized carbons (Fsp3) is 0.227. The number of esters is 1. The molecule has 156 valence electrons. The summed E-state index contributed by atoms with van der Waals surface area (Å²) >= 11 is 0. The maximum Gasteiger partial charge on any atom is 0.343 e. The van der Waals surface area contributed by atoms with Crippen molar-refractivity contribution >= 4 is 22.9 Å². The highest BCUT2D eigenvalue weighted by Crippen LogP contribution is 2.40. The number of nitrogens with zero attached hydrogens (tertiary/aromatic N) is 3. The van der Waals surface area contributed by atoms with Gasteiger partial charge in [0.15, 0.2) is 5.60 Å². The molecule has 1 atom stereocenters. The van der Waals surface area contributed by atoms with Crippen molar-refractivity contribution in [2.45, 2.75) is 32.1 Å². The third kappa shape index (κ3) is 2.63. The highest BCUT2D eigenvalue weighted by atomic mass is 16.6. The molecule has 5 rings (SSSR count). The Labute approximate surface area is 175 Å². The minimum absolute atomic E-state index is 0.0521. The van der Waals surface area contributed by atoms with E-state index in [2.05, 4.69) is 0 Å². The van der Waals surface area contributed by atoms with E-state index in [1.165, 1.54) is 10.6 Å². The quantitative estimate of drug-likeness (QED) is 0.307. The molecule has 2 aliphatic heterocycles. The highest BCUT2D eigenvalue weighted by Gasteiger charge is 2.45. The van der Waals surface area contributed by atoms with E-state index in [4.69, 9.17) is 9.72 Å². The van der Waals surface area contributed by atoms with Gasteiger partial charge in [-0.05, 0) is 24.1 Å². The number of hydrogen-bond acceptors (Lipinski definition) is 7. The molecular weight excluding hydrogens is 402 g/mol. The molecule has 4 heterocycles. The molecule has 9 nitrogen and oxygen atoms in total. The van der Waals surface area contributed by atoms with Crippen LogP contribution in [0.4, 0.5) is 0 Å². The van der Waals surface area contributed by atoms with E-state index in [1.807, 2.05) is 18.2 Å². The van der Waals surface area contributed by atoms with Gasteiger partial charge in [0.2, 0.25) is 6.20 Å².